The highest BCUT2D eigenvalue weighted by atomic mass is 35.5. The number of rotatable bonds is 3. The molecule has 7 heteroatoms. The van der Waals surface area contributed by atoms with E-state index in [2.05, 4.69) is 14.7 Å². The maximum Gasteiger partial charge on any atom is 0.263 e. The summed E-state index contributed by atoms with van der Waals surface area (Å²) in [5.74, 6) is 0. The first kappa shape index (κ1) is 14.7. The fourth-order valence-corrected chi connectivity index (χ4v) is 3.62. The maximum atomic E-state index is 12.6. The van der Waals surface area contributed by atoms with E-state index in [-0.39, 0.29) is 10.0 Å². The molecule has 0 aliphatic carbocycles. The van der Waals surface area contributed by atoms with Crippen molar-refractivity contribution in [2.24, 2.45) is 0 Å². The number of pyridine rings is 2. The summed E-state index contributed by atoms with van der Waals surface area (Å²) in [5.41, 5.74) is 1.36. The van der Waals surface area contributed by atoms with Crippen molar-refractivity contribution in [3.8, 4) is 0 Å². The monoisotopic (exact) mass is 333 g/mol. The lowest BCUT2D eigenvalue weighted by atomic mass is 10.2. The quantitative estimate of drug-likeness (QED) is 0.746. The second-order valence-electron chi connectivity index (χ2n) is 4.70. The maximum absolute atomic E-state index is 12.6. The molecule has 1 aromatic carbocycles. The minimum Gasteiger partial charge on any atom is -0.277 e. The van der Waals surface area contributed by atoms with Gasteiger partial charge in [0.05, 0.1) is 16.9 Å². The van der Waals surface area contributed by atoms with Crippen molar-refractivity contribution < 1.29 is 8.42 Å². The van der Waals surface area contributed by atoms with Crippen LogP contribution in [0.3, 0.4) is 0 Å². The molecule has 0 fully saturated rings. The molecule has 1 N–H and O–H groups in total. The lowest BCUT2D eigenvalue weighted by Gasteiger charge is -2.11. The number of fused-ring (bicyclic) bond motifs is 1. The predicted molar refractivity (Wildman–Crippen MR) is 86.5 cm³/mol. The van der Waals surface area contributed by atoms with Crippen LogP contribution in [0.1, 0.15) is 5.69 Å². The zero-order valence-electron chi connectivity index (χ0n) is 11.6. The van der Waals surface area contributed by atoms with Gasteiger partial charge in [0, 0.05) is 11.6 Å². The lowest BCUT2D eigenvalue weighted by molar-refractivity contribution is 0.600. The van der Waals surface area contributed by atoms with Crippen molar-refractivity contribution in [2.75, 3.05) is 4.72 Å². The van der Waals surface area contributed by atoms with E-state index in [9.17, 15) is 8.42 Å². The number of nitrogens with one attached hydrogen (secondary N) is 1. The average Bonchev–Trinajstić information content (AvgIpc) is 2.47. The molecule has 0 aliphatic heterocycles. The minimum absolute atomic E-state index is 0.0878. The largest absolute Gasteiger partial charge is 0.277 e. The highest BCUT2D eigenvalue weighted by Crippen LogP contribution is 2.25. The van der Waals surface area contributed by atoms with Crippen molar-refractivity contribution in [2.45, 2.75) is 11.8 Å². The van der Waals surface area contributed by atoms with Crippen LogP contribution in [0.4, 0.5) is 5.69 Å². The van der Waals surface area contributed by atoms with Gasteiger partial charge in [0.25, 0.3) is 10.0 Å². The van der Waals surface area contributed by atoms with Crippen LogP contribution in [0, 0.1) is 6.92 Å². The molecule has 0 amide bonds. The van der Waals surface area contributed by atoms with E-state index in [1.165, 1.54) is 12.1 Å². The second-order valence-corrected chi connectivity index (χ2v) is 6.74. The number of nitrogens with zero attached hydrogens (tertiary/aromatic N) is 2. The van der Waals surface area contributed by atoms with Gasteiger partial charge < -0.3 is 0 Å². The first-order valence-electron chi connectivity index (χ1n) is 6.47. The summed E-state index contributed by atoms with van der Waals surface area (Å²) in [5, 5.41) is 1.11. The van der Waals surface area contributed by atoms with Crippen LogP contribution in [-0.4, -0.2) is 18.4 Å². The number of aromatic nitrogens is 2. The van der Waals surface area contributed by atoms with E-state index in [4.69, 9.17) is 11.6 Å². The Hall–Kier alpha value is -2.18. The fourth-order valence-electron chi connectivity index (χ4n) is 2.19. The molecule has 2 aromatic heterocycles. The molecular formula is C15H12ClN3O2S. The summed E-state index contributed by atoms with van der Waals surface area (Å²) < 4.78 is 27.7. The highest BCUT2D eigenvalue weighted by Gasteiger charge is 2.19. The molecule has 0 aliphatic rings. The number of benzene rings is 1. The summed E-state index contributed by atoms with van der Waals surface area (Å²) in [6, 6.07) is 11.9. The smallest absolute Gasteiger partial charge is 0.263 e. The van der Waals surface area contributed by atoms with Gasteiger partial charge in [-0.3, -0.25) is 9.71 Å². The normalized spacial score (nSPS) is 11.5. The summed E-state index contributed by atoms with van der Waals surface area (Å²) in [6.07, 6.45) is 1.62. The molecule has 5 nitrogen and oxygen atoms in total. The molecule has 112 valence electrons. The Morgan fingerprint density at radius 3 is 2.64 bits per heavy atom. The minimum atomic E-state index is -3.76. The van der Waals surface area contributed by atoms with Crippen LogP contribution in [0.5, 0.6) is 0 Å². The summed E-state index contributed by atoms with van der Waals surface area (Å²) in [6.45, 7) is 1.60. The molecule has 22 heavy (non-hydrogen) atoms. The third-order valence-electron chi connectivity index (χ3n) is 3.17. The van der Waals surface area contributed by atoms with E-state index in [1.54, 1.807) is 31.3 Å². The summed E-state index contributed by atoms with van der Waals surface area (Å²) in [4.78, 5) is 8.29. The molecule has 0 atom stereocenters. The Morgan fingerprint density at radius 1 is 1.09 bits per heavy atom. The third-order valence-corrected chi connectivity index (χ3v) is 4.88. The highest BCUT2D eigenvalue weighted by molar-refractivity contribution is 7.92. The zero-order chi connectivity index (χ0) is 15.7. The van der Waals surface area contributed by atoms with Gasteiger partial charge in [-0.2, -0.15) is 0 Å². The summed E-state index contributed by atoms with van der Waals surface area (Å²) >= 11 is 5.77. The van der Waals surface area contributed by atoms with Gasteiger partial charge in [-0.25, -0.2) is 13.4 Å². The molecule has 0 radical (unpaired) electrons. The van der Waals surface area contributed by atoms with Gasteiger partial charge in [-0.05, 0) is 31.2 Å². The number of aryl methyl sites for hydroxylation is 1. The Labute approximate surface area is 133 Å². The van der Waals surface area contributed by atoms with Crippen molar-refractivity contribution in [1.82, 2.24) is 9.97 Å². The van der Waals surface area contributed by atoms with Crippen LogP contribution >= 0.6 is 11.6 Å². The van der Waals surface area contributed by atoms with Gasteiger partial charge in [0.15, 0.2) is 0 Å². The third kappa shape index (κ3) is 2.75. The van der Waals surface area contributed by atoms with E-state index in [1.807, 2.05) is 12.1 Å². The number of sulfonamides is 1. The van der Waals surface area contributed by atoms with Gasteiger partial charge in [0.2, 0.25) is 0 Å². The van der Waals surface area contributed by atoms with Crippen LogP contribution in [-0.2, 0) is 10.0 Å². The molecule has 0 unspecified atom stereocenters. The standard InChI is InChI=1S/C15H12ClN3O2S/c1-10-13(7-8-14(16)18-10)22(20,21)19-12-6-2-4-11-5-3-9-17-15(11)12/h2-9,19H,1H3. The molecule has 0 bridgehead atoms. The molecule has 3 aromatic rings. The zero-order valence-corrected chi connectivity index (χ0v) is 13.2. The molecule has 0 saturated heterocycles. The van der Waals surface area contributed by atoms with Gasteiger partial charge in [-0.1, -0.05) is 29.8 Å². The van der Waals surface area contributed by atoms with Crippen molar-refractivity contribution >= 4 is 38.2 Å². The Bertz CT molecular complexity index is 953. The molecular weight excluding hydrogens is 322 g/mol. The van der Waals surface area contributed by atoms with Crippen LogP contribution in [0.15, 0.2) is 53.6 Å². The lowest BCUT2D eigenvalue weighted by Crippen LogP contribution is -2.15. The fraction of sp³-hybridized carbons (Fsp3) is 0.0667. The Morgan fingerprint density at radius 2 is 1.86 bits per heavy atom. The second kappa shape index (κ2) is 5.55. The molecule has 0 spiro atoms. The number of halogens is 1. The van der Waals surface area contributed by atoms with Crippen LogP contribution in [0.2, 0.25) is 5.15 Å². The van der Waals surface area contributed by atoms with E-state index in [0.29, 0.717) is 16.9 Å². The van der Waals surface area contributed by atoms with E-state index >= 15 is 0 Å². The Kier molecular flexibility index (Phi) is 3.72. The van der Waals surface area contributed by atoms with Crippen molar-refractivity contribution in [3.63, 3.8) is 0 Å². The van der Waals surface area contributed by atoms with Gasteiger partial charge in [-0.15, -0.1) is 0 Å². The first-order valence-corrected chi connectivity index (χ1v) is 8.33. The van der Waals surface area contributed by atoms with Crippen LogP contribution in [0.25, 0.3) is 10.9 Å². The number of hydrogen-bond acceptors (Lipinski definition) is 4. The van der Waals surface area contributed by atoms with Gasteiger partial charge >= 0.3 is 0 Å². The van der Waals surface area contributed by atoms with Crippen molar-refractivity contribution in [3.05, 3.63) is 59.5 Å². The SMILES string of the molecule is Cc1nc(Cl)ccc1S(=O)(=O)Nc1cccc2cccnc12. The molecule has 3 rings (SSSR count). The number of hydrogen-bond donors (Lipinski definition) is 1. The number of para-hydroxylation sites is 1. The predicted octanol–water partition coefficient (Wildman–Crippen LogP) is 3.39. The average molecular weight is 334 g/mol. The first-order chi connectivity index (χ1) is 10.5. The topological polar surface area (TPSA) is 72.0 Å². The number of anilines is 1. The molecule has 2 heterocycles. The van der Waals surface area contributed by atoms with Crippen molar-refractivity contribution in [1.29, 1.82) is 0 Å². The van der Waals surface area contributed by atoms with E-state index < -0.39 is 10.0 Å². The summed E-state index contributed by atoms with van der Waals surface area (Å²) in [7, 11) is -3.76. The molecule has 0 saturated carbocycles. The van der Waals surface area contributed by atoms with Crippen LogP contribution < -0.4 is 4.72 Å². The van der Waals surface area contributed by atoms with E-state index in [0.717, 1.165) is 5.39 Å². The Balaban J connectivity index is 2.07. The van der Waals surface area contributed by atoms with Gasteiger partial charge in [0.1, 0.15) is 10.0 Å².